The van der Waals surface area contributed by atoms with Gasteiger partial charge in [0.1, 0.15) is 5.82 Å². The molecule has 3 aromatic carbocycles. The Hall–Kier alpha value is -3.51. The van der Waals surface area contributed by atoms with Crippen LogP contribution in [0.15, 0.2) is 89.5 Å². The maximum Gasteiger partial charge on any atom is 0.255 e. The fourth-order valence-corrected chi connectivity index (χ4v) is 3.32. The summed E-state index contributed by atoms with van der Waals surface area (Å²) in [6.07, 6.45) is 1.72. The Bertz CT molecular complexity index is 1190. The zero-order chi connectivity index (χ0) is 20.9. The van der Waals surface area contributed by atoms with E-state index < -0.39 is 0 Å². The van der Waals surface area contributed by atoms with Gasteiger partial charge in [0.2, 0.25) is 0 Å². The summed E-state index contributed by atoms with van der Waals surface area (Å²) in [6.45, 7) is 2.04. The van der Waals surface area contributed by atoms with Crippen LogP contribution in [0.4, 0.5) is 17.2 Å². The summed E-state index contributed by atoms with van der Waals surface area (Å²) >= 11 is 3.41. The van der Waals surface area contributed by atoms with E-state index in [4.69, 9.17) is 0 Å². The van der Waals surface area contributed by atoms with Gasteiger partial charge in [0, 0.05) is 33.2 Å². The van der Waals surface area contributed by atoms with Crippen LogP contribution in [-0.2, 0) is 0 Å². The van der Waals surface area contributed by atoms with Gasteiger partial charge in [-0.3, -0.25) is 4.79 Å². The molecule has 6 heteroatoms. The zero-order valence-corrected chi connectivity index (χ0v) is 17.8. The van der Waals surface area contributed by atoms with Crippen LogP contribution < -0.4 is 10.6 Å². The summed E-state index contributed by atoms with van der Waals surface area (Å²) in [4.78, 5) is 21.6. The van der Waals surface area contributed by atoms with Gasteiger partial charge in [-0.15, -0.1) is 0 Å². The number of hydrogen-bond donors (Lipinski definition) is 2. The van der Waals surface area contributed by atoms with Gasteiger partial charge in [0.05, 0.1) is 0 Å². The van der Waals surface area contributed by atoms with Crippen molar-refractivity contribution >= 4 is 39.0 Å². The molecule has 0 unspecified atom stereocenters. The van der Waals surface area contributed by atoms with Crippen LogP contribution in [-0.4, -0.2) is 15.9 Å². The van der Waals surface area contributed by atoms with Crippen molar-refractivity contribution in [1.82, 2.24) is 9.97 Å². The largest absolute Gasteiger partial charge is 0.340 e. The van der Waals surface area contributed by atoms with E-state index in [0.717, 1.165) is 21.4 Å². The van der Waals surface area contributed by atoms with Gasteiger partial charge < -0.3 is 10.6 Å². The summed E-state index contributed by atoms with van der Waals surface area (Å²) in [5, 5.41) is 6.16. The lowest BCUT2D eigenvalue weighted by Gasteiger charge is -2.10. The maximum absolute atomic E-state index is 12.6. The molecule has 1 heterocycles. The Morgan fingerprint density at radius 3 is 2.47 bits per heavy atom. The van der Waals surface area contributed by atoms with Gasteiger partial charge in [-0.2, -0.15) is 0 Å². The molecule has 30 heavy (non-hydrogen) atoms. The molecule has 5 nitrogen and oxygen atoms in total. The number of aromatic nitrogens is 2. The third-order valence-electron chi connectivity index (χ3n) is 4.44. The standard InChI is InChI=1S/C24H19BrN4O/c1-16-8-10-17(11-9-16)23-26-13-12-22(29-23)27-20-6-2-4-18(14-20)24(30)28-21-7-3-5-19(25)15-21/h2-15H,1H3,(H,28,30)(H,26,27,29). The van der Waals surface area contributed by atoms with Gasteiger partial charge in [-0.05, 0) is 49.4 Å². The van der Waals surface area contributed by atoms with Gasteiger partial charge in [-0.25, -0.2) is 9.97 Å². The molecule has 1 aromatic heterocycles. The minimum Gasteiger partial charge on any atom is -0.340 e. The van der Waals surface area contributed by atoms with Gasteiger partial charge in [-0.1, -0.05) is 57.9 Å². The molecular formula is C24H19BrN4O. The van der Waals surface area contributed by atoms with E-state index >= 15 is 0 Å². The molecule has 0 aliphatic carbocycles. The third-order valence-corrected chi connectivity index (χ3v) is 4.94. The average Bonchev–Trinajstić information content (AvgIpc) is 2.75. The average molecular weight is 459 g/mol. The van der Waals surface area contributed by atoms with Crippen LogP contribution in [0.5, 0.6) is 0 Å². The normalized spacial score (nSPS) is 10.5. The van der Waals surface area contributed by atoms with E-state index in [1.165, 1.54) is 5.56 Å². The lowest BCUT2D eigenvalue weighted by Crippen LogP contribution is -2.12. The molecule has 1 amide bonds. The maximum atomic E-state index is 12.6. The Morgan fingerprint density at radius 2 is 1.67 bits per heavy atom. The van der Waals surface area contributed by atoms with Gasteiger partial charge in [0.15, 0.2) is 5.82 Å². The van der Waals surface area contributed by atoms with Crippen molar-refractivity contribution < 1.29 is 4.79 Å². The SMILES string of the molecule is Cc1ccc(-c2nccc(Nc3cccc(C(=O)Nc4cccc(Br)c4)c3)n2)cc1. The molecule has 0 spiro atoms. The number of hydrogen-bond acceptors (Lipinski definition) is 4. The molecule has 2 N–H and O–H groups in total. The number of benzene rings is 3. The number of carbonyl (C=O) groups excluding carboxylic acids is 1. The highest BCUT2D eigenvalue weighted by Gasteiger charge is 2.08. The number of amides is 1. The second-order valence-corrected chi connectivity index (χ2v) is 7.72. The molecule has 0 saturated heterocycles. The number of rotatable bonds is 5. The van der Waals surface area contributed by atoms with E-state index in [2.05, 4.69) is 36.5 Å². The van der Waals surface area contributed by atoms with E-state index in [0.29, 0.717) is 17.2 Å². The fourth-order valence-electron chi connectivity index (χ4n) is 2.93. The number of nitrogens with zero attached hydrogens (tertiary/aromatic N) is 2. The molecule has 0 saturated carbocycles. The molecule has 4 aromatic rings. The van der Waals surface area contributed by atoms with Crippen molar-refractivity contribution in [2.45, 2.75) is 6.92 Å². The van der Waals surface area contributed by atoms with Crippen molar-refractivity contribution in [3.8, 4) is 11.4 Å². The number of nitrogens with one attached hydrogen (secondary N) is 2. The molecular weight excluding hydrogens is 440 g/mol. The van der Waals surface area contributed by atoms with Crippen molar-refractivity contribution in [2.24, 2.45) is 0 Å². The Morgan fingerprint density at radius 1 is 0.900 bits per heavy atom. The van der Waals surface area contributed by atoms with E-state index in [1.807, 2.05) is 67.6 Å². The molecule has 0 radical (unpaired) electrons. The smallest absolute Gasteiger partial charge is 0.255 e. The van der Waals surface area contributed by atoms with Crippen LogP contribution in [0.25, 0.3) is 11.4 Å². The van der Waals surface area contributed by atoms with Crippen LogP contribution >= 0.6 is 15.9 Å². The first-order valence-electron chi connectivity index (χ1n) is 9.41. The predicted octanol–water partition coefficient (Wildman–Crippen LogP) is 6.21. The quantitative estimate of drug-likeness (QED) is 0.372. The minimum absolute atomic E-state index is 0.181. The summed E-state index contributed by atoms with van der Waals surface area (Å²) in [5.74, 6) is 1.12. The molecule has 0 fully saturated rings. The first kappa shape index (κ1) is 19.8. The molecule has 0 atom stereocenters. The molecule has 148 valence electrons. The number of halogens is 1. The topological polar surface area (TPSA) is 66.9 Å². The molecule has 0 bridgehead atoms. The lowest BCUT2D eigenvalue weighted by atomic mass is 10.1. The van der Waals surface area contributed by atoms with E-state index in [9.17, 15) is 4.79 Å². The first-order chi connectivity index (χ1) is 14.6. The Labute approximate surface area is 183 Å². The second-order valence-electron chi connectivity index (χ2n) is 6.80. The van der Waals surface area contributed by atoms with E-state index in [-0.39, 0.29) is 5.91 Å². The zero-order valence-electron chi connectivity index (χ0n) is 16.3. The second kappa shape index (κ2) is 8.88. The Balaban J connectivity index is 1.51. The van der Waals surface area contributed by atoms with Crippen LogP contribution in [0.3, 0.4) is 0 Å². The highest BCUT2D eigenvalue weighted by Crippen LogP contribution is 2.21. The van der Waals surface area contributed by atoms with E-state index in [1.54, 1.807) is 24.4 Å². The summed E-state index contributed by atoms with van der Waals surface area (Å²) in [5.41, 5.74) is 4.18. The van der Waals surface area contributed by atoms with Crippen LogP contribution in [0, 0.1) is 6.92 Å². The monoisotopic (exact) mass is 458 g/mol. The van der Waals surface area contributed by atoms with Crippen molar-refractivity contribution in [1.29, 1.82) is 0 Å². The first-order valence-corrected chi connectivity index (χ1v) is 10.2. The number of anilines is 3. The van der Waals surface area contributed by atoms with Crippen molar-refractivity contribution in [3.63, 3.8) is 0 Å². The Kier molecular flexibility index (Phi) is 5.86. The number of aryl methyl sites for hydroxylation is 1. The minimum atomic E-state index is -0.181. The fraction of sp³-hybridized carbons (Fsp3) is 0.0417. The molecule has 0 aliphatic rings. The summed E-state index contributed by atoms with van der Waals surface area (Å²) in [6, 6.07) is 24.6. The highest BCUT2D eigenvalue weighted by atomic mass is 79.9. The van der Waals surface area contributed by atoms with Crippen molar-refractivity contribution in [3.05, 3.63) is 101 Å². The van der Waals surface area contributed by atoms with Crippen LogP contribution in [0.1, 0.15) is 15.9 Å². The molecule has 4 rings (SSSR count). The van der Waals surface area contributed by atoms with Crippen LogP contribution in [0.2, 0.25) is 0 Å². The van der Waals surface area contributed by atoms with Gasteiger partial charge >= 0.3 is 0 Å². The molecule has 0 aliphatic heterocycles. The van der Waals surface area contributed by atoms with Gasteiger partial charge in [0.25, 0.3) is 5.91 Å². The predicted molar refractivity (Wildman–Crippen MR) is 124 cm³/mol. The lowest BCUT2D eigenvalue weighted by molar-refractivity contribution is 0.102. The van der Waals surface area contributed by atoms with Crippen molar-refractivity contribution in [2.75, 3.05) is 10.6 Å². The summed E-state index contributed by atoms with van der Waals surface area (Å²) < 4.78 is 0.906. The number of carbonyl (C=O) groups is 1. The highest BCUT2D eigenvalue weighted by molar-refractivity contribution is 9.10. The summed E-state index contributed by atoms with van der Waals surface area (Å²) in [7, 11) is 0. The third kappa shape index (κ3) is 4.90.